The van der Waals surface area contributed by atoms with Crippen LogP contribution in [0.25, 0.3) is 11.0 Å². The van der Waals surface area contributed by atoms with Gasteiger partial charge in [-0.1, -0.05) is 11.6 Å². The van der Waals surface area contributed by atoms with Crippen LogP contribution in [-0.4, -0.2) is 53.1 Å². The molecular weight excluding hydrogens is 364 g/mol. The number of aromatic nitrogens is 3. The van der Waals surface area contributed by atoms with Crippen molar-refractivity contribution in [1.29, 1.82) is 0 Å². The van der Waals surface area contributed by atoms with Gasteiger partial charge in [0.15, 0.2) is 5.65 Å². The molecule has 2 aromatic heterocycles. The van der Waals surface area contributed by atoms with E-state index in [1.54, 1.807) is 19.5 Å². The van der Waals surface area contributed by atoms with Gasteiger partial charge in [-0.15, -0.1) is 0 Å². The molecule has 3 heterocycles. The van der Waals surface area contributed by atoms with Crippen LogP contribution in [0, 0.1) is 0 Å². The largest absolute Gasteiger partial charge is 0.496 e. The van der Waals surface area contributed by atoms with Crippen LogP contribution in [0.4, 0.5) is 11.6 Å². The van der Waals surface area contributed by atoms with Crippen LogP contribution in [-0.2, 0) is 6.54 Å². The van der Waals surface area contributed by atoms with Gasteiger partial charge in [0.05, 0.1) is 12.5 Å². The molecule has 0 radical (unpaired) electrons. The van der Waals surface area contributed by atoms with E-state index in [0.29, 0.717) is 11.5 Å². The Morgan fingerprint density at radius 2 is 1.93 bits per heavy atom. The van der Waals surface area contributed by atoms with Crippen molar-refractivity contribution in [2.45, 2.75) is 6.54 Å². The number of hydrogen-bond donors (Lipinski definition) is 1. The first-order valence-corrected chi connectivity index (χ1v) is 9.19. The number of piperazine rings is 1. The third-order valence-corrected chi connectivity index (χ3v) is 5.04. The average molecular weight is 385 g/mol. The van der Waals surface area contributed by atoms with Crippen LogP contribution in [0.2, 0.25) is 5.02 Å². The first-order chi connectivity index (χ1) is 13.1. The molecule has 1 fully saturated rings. The SMILES string of the molecule is COc1ccc(Cl)cc1CN1CCN(c2ncnc3nc(N)ccc23)CC1. The van der Waals surface area contributed by atoms with Crippen molar-refractivity contribution >= 4 is 34.3 Å². The number of halogens is 1. The molecule has 1 saturated heterocycles. The van der Waals surface area contributed by atoms with Crippen LogP contribution in [0.5, 0.6) is 5.75 Å². The van der Waals surface area contributed by atoms with Crippen molar-refractivity contribution in [2.24, 2.45) is 0 Å². The summed E-state index contributed by atoms with van der Waals surface area (Å²) in [5, 5.41) is 1.65. The van der Waals surface area contributed by atoms with Crippen LogP contribution < -0.4 is 15.4 Å². The first kappa shape index (κ1) is 17.8. The number of fused-ring (bicyclic) bond motifs is 1. The topological polar surface area (TPSA) is 80.4 Å². The molecule has 0 aliphatic carbocycles. The second-order valence-electron chi connectivity index (χ2n) is 6.52. The molecule has 0 unspecified atom stereocenters. The number of nitrogen functional groups attached to an aromatic ring is 1. The number of nitrogens with zero attached hydrogens (tertiary/aromatic N) is 5. The van der Waals surface area contributed by atoms with Crippen molar-refractivity contribution in [2.75, 3.05) is 43.9 Å². The number of benzene rings is 1. The molecule has 0 amide bonds. The van der Waals surface area contributed by atoms with Crippen LogP contribution in [0.1, 0.15) is 5.56 Å². The summed E-state index contributed by atoms with van der Waals surface area (Å²) in [5.74, 6) is 2.24. The third kappa shape index (κ3) is 3.74. The van der Waals surface area contributed by atoms with E-state index in [0.717, 1.165) is 60.3 Å². The Balaban J connectivity index is 1.48. The molecule has 140 valence electrons. The minimum Gasteiger partial charge on any atom is -0.496 e. The molecular formula is C19H21ClN6O. The van der Waals surface area contributed by atoms with Crippen molar-refractivity contribution < 1.29 is 4.74 Å². The van der Waals surface area contributed by atoms with E-state index in [1.165, 1.54) is 0 Å². The van der Waals surface area contributed by atoms with E-state index < -0.39 is 0 Å². The standard InChI is InChI=1S/C19H21ClN6O/c1-27-16-4-2-14(20)10-13(16)11-25-6-8-26(9-7-25)19-15-3-5-17(21)24-18(15)22-12-23-19/h2-5,10,12H,6-9,11H2,1H3,(H2,21,22,23,24). The summed E-state index contributed by atoms with van der Waals surface area (Å²) in [5.41, 5.74) is 7.50. The molecule has 4 rings (SSSR count). The quantitative estimate of drug-likeness (QED) is 0.740. The summed E-state index contributed by atoms with van der Waals surface area (Å²) in [4.78, 5) is 17.7. The van der Waals surface area contributed by atoms with Gasteiger partial charge in [-0.25, -0.2) is 15.0 Å². The maximum Gasteiger partial charge on any atom is 0.166 e. The van der Waals surface area contributed by atoms with Crippen LogP contribution >= 0.6 is 11.6 Å². The summed E-state index contributed by atoms with van der Waals surface area (Å²) in [6.45, 7) is 4.39. The predicted octanol–water partition coefficient (Wildman–Crippen LogP) is 2.59. The molecule has 7 nitrogen and oxygen atoms in total. The number of ether oxygens (including phenoxy) is 1. The lowest BCUT2D eigenvalue weighted by Crippen LogP contribution is -2.46. The van der Waals surface area contributed by atoms with Gasteiger partial charge in [-0.2, -0.15) is 0 Å². The molecule has 0 bridgehead atoms. The molecule has 3 aromatic rings. The molecule has 0 saturated carbocycles. The van der Waals surface area contributed by atoms with E-state index in [-0.39, 0.29) is 0 Å². The molecule has 0 atom stereocenters. The fraction of sp³-hybridized carbons (Fsp3) is 0.316. The van der Waals surface area contributed by atoms with Gasteiger partial charge >= 0.3 is 0 Å². The maximum absolute atomic E-state index is 6.15. The molecule has 2 N–H and O–H groups in total. The zero-order chi connectivity index (χ0) is 18.8. The maximum atomic E-state index is 6.15. The number of anilines is 2. The van der Waals surface area contributed by atoms with Gasteiger partial charge in [0.25, 0.3) is 0 Å². The zero-order valence-corrected chi connectivity index (χ0v) is 15.9. The second-order valence-corrected chi connectivity index (χ2v) is 6.96. The Bertz CT molecular complexity index is 958. The fourth-order valence-corrected chi connectivity index (χ4v) is 3.62. The number of hydrogen-bond acceptors (Lipinski definition) is 7. The van der Waals surface area contributed by atoms with E-state index in [1.807, 2.05) is 24.3 Å². The average Bonchev–Trinajstić information content (AvgIpc) is 2.68. The molecule has 0 spiro atoms. The zero-order valence-electron chi connectivity index (χ0n) is 15.1. The van der Waals surface area contributed by atoms with Gasteiger partial charge in [0, 0.05) is 43.3 Å². The summed E-state index contributed by atoms with van der Waals surface area (Å²) >= 11 is 6.15. The molecule has 1 aliphatic heterocycles. The smallest absolute Gasteiger partial charge is 0.166 e. The van der Waals surface area contributed by atoms with E-state index in [2.05, 4.69) is 24.8 Å². The van der Waals surface area contributed by atoms with Gasteiger partial charge in [-0.3, -0.25) is 4.90 Å². The Kier molecular flexibility index (Phi) is 4.96. The second kappa shape index (κ2) is 7.54. The minimum absolute atomic E-state index is 0.465. The molecule has 1 aliphatic rings. The van der Waals surface area contributed by atoms with Gasteiger partial charge in [-0.05, 0) is 30.3 Å². The molecule has 1 aromatic carbocycles. The number of rotatable bonds is 4. The molecule has 27 heavy (non-hydrogen) atoms. The minimum atomic E-state index is 0.465. The van der Waals surface area contributed by atoms with Gasteiger partial charge < -0.3 is 15.4 Å². The van der Waals surface area contributed by atoms with Crippen molar-refractivity contribution in [3.8, 4) is 5.75 Å². The predicted molar refractivity (Wildman–Crippen MR) is 107 cm³/mol. The Hall–Kier alpha value is -2.64. The first-order valence-electron chi connectivity index (χ1n) is 8.81. The van der Waals surface area contributed by atoms with Gasteiger partial charge in [0.2, 0.25) is 0 Å². The van der Waals surface area contributed by atoms with Crippen molar-refractivity contribution in [3.05, 3.63) is 47.2 Å². The Morgan fingerprint density at radius 3 is 2.70 bits per heavy atom. The van der Waals surface area contributed by atoms with E-state index in [4.69, 9.17) is 22.1 Å². The Morgan fingerprint density at radius 1 is 1.11 bits per heavy atom. The van der Waals surface area contributed by atoms with Crippen LogP contribution in [0.15, 0.2) is 36.7 Å². The monoisotopic (exact) mass is 384 g/mol. The third-order valence-electron chi connectivity index (χ3n) is 4.81. The van der Waals surface area contributed by atoms with Gasteiger partial charge in [0.1, 0.15) is 23.7 Å². The van der Waals surface area contributed by atoms with Crippen LogP contribution in [0.3, 0.4) is 0 Å². The van der Waals surface area contributed by atoms with E-state index >= 15 is 0 Å². The molecule has 8 heteroatoms. The number of nitrogens with two attached hydrogens (primary N) is 1. The summed E-state index contributed by atoms with van der Waals surface area (Å²) in [6.07, 6.45) is 1.55. The highest BCUT2D eigenvalue weighted by molar-refractivity contribution is 6.30. The fourth-order valence-electron chi connectivity index (χ4n) is 3.43. The lowest BCUT2D eigenvalue weighted by Gasteiger charge is -2.35. The summed E-state index contributed by atoms with van der Waals surface area (Å²) < 4.78 is 5.46. The highest BCUT2D eigenvalue weighted by Gasteiger charge is 2.21. The number of methoxy groups -OCH3 is 1. The lowest BCUT2D eigenvalue weighted by atomic mass is 10.1. The highest BCUT2D eigenvalue weighted by atomic mass is 35.5. The summed E-state index contributed by atoms with van der Waals surface area (Å²) in [6, 6.07) is 9.47. The normalized spacial score (nSPS) is 15.3. The van der Waals surface area contributed by atoms with Crippen molar-refractivity contribution in [1.82, 2.24) is 19.9 Å². The van der Waals surface area contributed by atoms with Crippen molar-refractivity contribution in [3.63, 3.8) is 0 Å². The highest BCUT2D eigenvalue weighted by Crippen LogP contribution is 2.26. The summed E-state index contributed by atoms with van der Waals surface area (Å²) in [7, 11) is 1.69. The van der Waals surface area contributed by atoms with E-state index in [9.17, 15) is 0 Å². The Labute approximate surface area is 162 Å². The number of pyridine rings is 1. The lowest BCUT2D eigenvalue weighted by molar-refractivity contribution is 0.246.